The molecule has 1 saturated heterocycles. The summed E-state index contributed by atoms with van der Waals surface area (Å²) in [5, 5.41) is 2.39. The molecule has 0 radical (unpaired) electrons. The number of pyridine rings is 1. The van der Waals surface area contributed by atoms with Crippen LogP contribution in [0.4, 0.5) is 5.82 Å². The third-order valence-corrected chi connectivity index (χ3v) is 5.05. The summed E-state index contributed by atoms with van der Waals surface area (Å²) in [5.74, 6) is 1.05. The molecule has 2 N–H and O–H groups in total. The minimum atomic E-state index is 0.504. The van der Waals surface area contributed by atoms with Crippen molar-refractivity contribution in [3.8, 4) is 11.3 Å². The summed E-state index contributed by atoms with van der Waals surface area (Å²) in [6, 6.07) is 18.9. The molecule has 0 amide bonds. The normalized spacial score (nSPS) is 15.7. The quantitative estimate of drug-likeness (QED) is 0.800. The standard InChI is InChI=1S/C21H24N4/c1-24-11-13-25(14-12-24)21-19(15-22)17-9-5-6-10-18(17)20(23-21)16-7-3-2-4-8-16/h2-10H,11-15,22H2,1H3. The van der Waals surface area contributed by atoms with Gasteiger partial charge in [-0.2, -0.15) is 0 Å². The lowest BCUT2D eigenvalue weighted by atomic mass is 9.99. The smallest absolute Gasteiger partial charge is 0.134 e. The van der Waals surface area contributed by atoms with E-state index in [0.29, 0.717) is 6.54 Å². The molecule has 0 atom stereocenters. The molecule has 2 aromatic carbocycles. The van der Waals surface area contributed by atoms with Crippen molar-refractivity contribution in [1.29, 1.82) is 0 Å². The highest BCUT2D eigenvalue weighted by atomic mass is 15.3. The molecule has 0 bridgehead atoms. The van der Waals surface area contributed by atoms with Crippen molar-refractivity contribution in [3.05, 3.63) is 60.2 Å². The van der Waals surface area contributed by atoms with E-state index < -0.39 is 0 Å². The Labute approximate surface area is 148 Å². The van der Waals surface area contributed by atoms with Gasteiger partial charge in [-0.1, -0.05) is 54.6 Å². The fourth-order valence-corrected chi connectivity index (χ4v) is 3.60. The van der Waals surface area contributed by atoms with E-state index >= 15 is 0 Å². The van der Waals surface area contributed by atoms with Gasteiger partial charge in [-0.25, -0.2) is 4.98 Å². The SMILES string of the molecule is CN1CCN(c2nc(-c3ccccc3)c3ccccc3c2CN)CC1. The average molecular weight is 332 g/mol. The van der Waals surface area contributed by atoms with Gasteiger partial charge in [0.25, 0.3) is 0 Å². The minimum Gasteiger partial charge on any atom is -0.354 e. The molecule has 0 spiro atoms. The van der Waals surface area contributed by atoms with E-state index in [1.54, 1.807) is 0 Å². The number of benzene rings is 2. The van der Waals surface area contributed by atoms with Crippen LogP contribution < -0.4 is 10.6 Å². The Morgan fingerprint density at radius 1 is 0.880 bits per heavy atom. The molecule has 0 aliphatic carbocycles. The number of nitrogens with two attached hydrogens (primary N) is 1. The van der Waals surface area contributed by atoms with E-state index in [9.17, 15) is 0 Å². The molecule has 3 aromatic rings. The zero-order chi connectivity index (χ0) is 17.2. The molecule has 1 aliphatic rings. The lowest BCUT2D eigenvalue weighted by Crippen LogP contribution is -2.45. The predicted octanol–water partition coefficient (Wildman–Crippen LogP) is 3.11. The Morgan fingerprint density at radius 3 is 2.20 bits per heavy atom. The van der Waals surface area contributed by atoms with Gasteiger partial charge in [0.05, 0.1) is 5.69 Å². The molecule has 0 unspecified atom stereocenters. The van der Waals surface area contributed by atoms with Crippen LogP contribution in [0.1, 0.15) is 5.56 Å². The largest absolute Gasteiger partial charge is 0.354 e. The maximum Gasteiger partial charge on any atom is 0.134 e. The summed E-state index contributed by atoms with van der Waals surface area (Å²) in [6.45, 7) is 4.59. The van der Waals surface area contributed by atoms with Gasteiger partial charge in [0.15, 0.2) is 0 Å². The number of nitrogens with zero attached hydrogens (tertiary/aromatic N) is 3. The first-order chi connectivity index (χ1) is 12.3. The molecule has 4 heteroatoms. The van der Waals surface area contributed by atoms with E-state index in [4.69, 9.17) is 10.7 Å². The fraction of sp³-hybridized carbons (Fsp3) is 0.286. The van der Waals surface area contributed by atoms with E-state index in [-0.39, 0.29) is 0 Å². The van der Waals surface area contributed by atoms with Gasteiger partial charge in [0, 0.05) is 49.2 Å². The van der Waals surface area contributed by atoms with Crippen LogP contribution in [0.25, 0.3) is 22.0 Å². The van der Waals surface area contributed by atoms with Crippen molar-refractivity contribution in [3.63, 3.8) is 0 Å². The Balaban J connectivity index is 1.93. The summed E-state index contributed by atoms with van der Waals surface area (Å²) in [6.07, 6.45) is 0. The highest BCUT2D eigenvalue weighted by Crippen LogP contribution is 2.34. The Kier molecular flexibility index (Phi) is 4.38. The summed E-state index contributed by atoms with van der Waals surface area (Å²) in [5.41, 5.74) is 9.51. The molecule has 0 saturated carbocycles. The lowest BCUT2D eigenvalue weighted by molar-refractivity contribution is 0.312. The second-order valence-corrected chi connectivity index (χ2v) is 6.67. The number of piperazine rings is 1. The third-order valence-electron chi connectivity index (χ3n) is 5.05. The summed E-state index contributed by atoms with van der Waals surface area (Å²) >= 11 is 0. The van der Waals surface area contributed by atoms with Crippen LogP contribution in [0.3, 0.4) is 0 Å². The van der Waals surface area contributed by atoms with Crippen molar-refractivity contribution >= 4 is 16.6 Å². The molecule has 2 heterocycles. The molecule has 4 nitrogen and oxygen atoms in total. The van der Waals surface area contributed by atoms with Crippen LogP contribution in [0.5, 0.6) is 0 Å². The first kappa shape index (κ1) is 16.1. The third kappa shape index (κ3) is 2.99. The monoisotopic (exact) mass is 332 g/mol. The number of aromatic nitrogens is 1. The number of anilines is 1. The van der Waals surface area contributed by atoms with Crippen molar-refractivity contribution in [2.75, 3.05) is 38.1 Å². The van der Waals surface area contributed by atoms with Gasteiger partial charge in [-0.05, 0) is 12.4 Å². The topological polar surface area (TPSA) is 45.4 Å². The molecular formula is C21H24N4. The minimum absolute atomic E-state index is 0.504. The average Bonchev–Trinajstić information content (AvgIpc) is 2.68. The lowest BCUT2D eigenvalue weighted by Gasteiger charge is -2.35. The molecule has 1 fully saturated rings. The maximum atomic E-state index is 6.16. The van der Waals surface area contributed by atoms with Crippen molar-refractivity contribution in [2.24, 2.45) is 5.73 Å². The predicted molar refractivity (Wildman–Crippen MR) is 105 cm³/mol. The molecule has 128 valence electrons. The second kappa shape index (κ2) is 6.82. The summed E-state index contributed by atoms with van der Waals surface area (Å²) in [7, 11) is 2.17. The van der Waals surface area contributed by atoms with Crippen molar-refractivity contribution < 1.29 is 0 Å². The van der Waals surface area contributed by atoms with Gasteiger partial charge in [0.1, 0.15) is 5.82 Å². The molecule has 1 aromatic heterocycles. The van der Waals surface area contributed by atoms with Crippen LogP contribution in [0.2, 0.25) is 0 Å². The van der Waals surface area contributed by atoms with E-state index in [1.807, 2.05) is 6.07 Å². The molecule has 4 rings (SSSR count). The number of fused-ring (bicyclic) bond motifs is 1. The Hall–Kier alpha value is -2.43. The summed E-state index contributed by atoms with van der Waals surface area (Å²) < 4.78 is 0. The molecule has 25 heavy (non-hydrogen) atoms. The summed E-state index contributed by atoms with van der Waals surface area (Å²) in [4.78, 5) is 9.87. The van der Waals surface area contributed by atoms with Crippen LogP contribution in [0, 0.1) is 0 Å². The first-order valence-electron chi connectivity index (χ1n) is 8.88. The van der Waals surface area contributed by atoms with Gasteiger partial charge < -0.3 is 15.5 Å². The van der Waals surface area contributed by atoms with Crippen LogP contribution in [-0.4, -0.2) is 43.1 Å². The number of rotatable bonds is 3. The number of likely N-dealkylation sites (N-methyl/N-ethyl adjacent to an activating group) is 1. The van der Waals surface area contributed by atoms with Crippen molar-refractivity contribution in [1.82, 2.24) is 9.88 Å². The van der Waals surface area contributed by atoms with Crippen molar-refractivity contribution in [2.45, 2.75) is 6.54 Å². The second-order valence-electron chi connectivity index (χ2n) is 6.67. The van der Waals surface area contributed by atoms with E-state index in [2.05, 4.69) is 65.4 Å². The van der Waals surface area contributed by atoms with E-state index in [0.717, 1.165) is 48.8 Å². The van der Waals surface area contributed by atoms with Gasteiger partial charge in [-0.3, -0.25) is 0 Å². The Morgan fingerprint density at radius 2 is 1.52 bits per heavy atom. The highest BCUT2D eigenvalue weighted by Gasteiger charge is 2.21. The van der Waals surface area contributed by atoms with Crippen LogP contribution in [-0.2, 0) is 6.54 Å². The number of hydrogen-bond acceptors (Lipinski definition) is 4. The highest BCUT2D eigenvalue weighted by molar-refractivity contribution is 5.99. The molecule has 1 aliphatic heterocycles. The Bertz CT molecular complexity index is 868. The van der Waals surface area contributed by atoms with Gasteiger partial charge in [0.2, 0.25) is 0 Å². The van der Waals surface area contributed by atoms with Gasteiger partial charge >= 0.3 is 0 Å². The molecular weight excluding hydrogens is 308 g/mol. The number of hydrogen-bond donors (Lipinski definition) is 1. The van der Waals surface area contributed by atoms with Crippen LogP contribution >= 0.6 is 0 Å². The fourth-order valence-electron chi connectivity index (χ4n) is 3.60. The van der Waals surface area contributed by atoms with E-state index in [1.165, 1.54) is 10.8 Å². The zero-order valence-electron chi connectivity index (χ0n) is 14.7. The van der Waals surface area contributed by atoms with Gasteiger partial charge in [-0.15, -0.1) is 0 Å². The first-order valence-corrected chi connectivity index (χ1v) is 8.88. The zero-order valence-corrected chi connectivity index (χ0v) is 14.7. The van der Waals surface area contributed by atoms with Crippen LogP contribution in [0.15, 0.2) is 54.6 Å². The maximum absolute atomic E-state index is 6.16.